The zero-order valence-corrected chi connectivity index (χ0v) is 38.9. The highest BCUT2D eigenvalue weighted by atomic mass is 19.1. The normalized spacial score (nSPS) is 39.4. The Hall–Kier alpha value is -4.86. The quantitative estimate of drug-likeness (QED) is 0.122. The predicted molar refractivity (Wildman–Crippen MR) is 242 cm³/mol. The maximum atomic E-state index is 15.7. The van der Waals surface area contributed by atoms with Crippen LogP contribution in [0.4, 0.5) is 4.39 Å². The van der Waals surface area contributed by atoms with E-state index in [0.717, 1.165) is 44.6 Å². The summed E-state index contributed by atoms with van der Waals surface area (Å²) in [6.45, 7) is 8.70. The van der Waals surface area contributed by atoms with Gasteiger partial charge in [-0.1, -0.05) is 50.3 Å². The van der Waals surface area contributed by atoms with Crippen LogP contribution in [0, 0.1) is 28.5 Å². The molecular weight excluding hydrogens is 844 g/mol. The number of rotatable bonds is 8. The number of aromatic nitrogens is 1. The molecule has 14 heteroatoms. The number of H-pyrrole nitrogens is 1. The number of halogens is 1. The Kier molecular flexibility index (Phi) is 9.81. The molecule has 66 heavy (non-hydrogen) atoms. The molecule has 2 N–H and O–H groups in total. The highest BCUT2D eigenvalue weighted by molar-refractivity contribution is 5.94. The second kappa shape index (κ2) is 14.8. The van der Waals surface area contributed by atoms with Gasteiger partial charge in [0.05, 0.1) is 31.3 Å². The van der Waals surface area contributed by atoms with Crippen LogP contribution >= 0.6 is 0 Å². The molecular formula is C52H61FN4O9. The van der Waals surface area contributed by atoms with Gasteiger partial charge in [-0.15, -0.1) is 0 Å². The number of nitrogens with zero attached hydrogens (tertiary/aromatic N) is 3. The van der Waals surface area contributed by atoms with Gasteiger partial charge in [0.25, 0.3) is 5.60 Å². The zero-order chi connectivity index (χ0) is 46.3. The van der Waals surface area contributed by atoms with Crippen molar-refractivity contribution in [3.63, 3.8) is 0 Å². The number of hydrogen-bond donors (Lipinski definition) is 2. The van der Waals surface area contributed by atoms with Crippen molar-refractivity contribution in [3.05, 3.63) is 95.1 Å². The average Bonchev–Trinajstić information content (AvgIpc) is 3.56. The standard InChI is InChI=1S/C52H61FN4O9/c1-8-47(61)26-31-27-49(45(59)63-6,42-35(16-20-56(28-31)29-47)36-23-33(14-15-39(36)54-42)32-12-10-13-34(53)22-32)38-24-37-40(25-41(38)62-5)55(4)52-50(37)18-21-57-19-11-17-48(9-2,43(50)57)44(65-30(3)58)51(52,66-52)46(60)64-7/h10-15,17,22-25,31,38,41,43-44,54,61H,8-9,16,18-21,26-29H2,1-7H3/t31-,38?,41?,43+,44-,47+,48-,49+,50-,51+,52+/m1/s1. The number of aliphatic hydroxyl groups is 1. The minimum atomic E-state index is -1.68. The fourth-order valence-electron chi connectivity index (χ4n) is 15.2. The molecule has 4 saturated heterocycles. The molecule has 6 aliphatic heterocycles. The van der Waals surface area contributed by atoms with E-state index in [2.05, 4.69) is 57.0 Å². The Morgan fingerprint density at radius 3 is 2.48 bits per heavy atom. The zero-order valence-electron chi connectivity index (χ0n) is 38.9. The molecule has 2 aliphatic carbocycles. The van der Waals surface area contributed by atoms with E-state index >= 15 is 4.79 Å². The second-order valence-electron chi connectivity index (χ2n) is 20.4. The number of carbonyl (C=O) groups is 3. The Morgan fingerprint density at radius 2 is 1.77 bits per heavy atom. The molecule has 1 aromatic heterocycles. The first-order valence-corrected chi connectivity index (χ1v) is 23.7. The molecule has 2 bridgehead atoms. The highest BCUT2D eigenvalue weighted by Crippen LogP contribution is 2.82. The van der Waals surface area contributed by atoms with Crippen LogP contribution in [0.3, 0.4) is 0 Å². The Bertz CT molecular complexity index is 2660. The number of benzene rings is 2. The number of esters is 3. The monoisotopic (exact) mass is 904 g/mol. The molecule has 13 nitrogen and oxygen atoms in total. The first-order chi connectivity index (χ1) is 31.7. The lowest BCUT2D eigenvalue weighted by Gasteiger charge is -2.58. The van der Waals surface area contributed by atoms with Gasteiger partial charge in [-0.2, -0.15) is 0 Å². The number of fused-ring (bicyclic) bond motifs is 6. The van der Waals surface area contributed by atoms with Crippen LogP contribution in [0.1, 0.15) is 64.1 Å². The van der Waals surface area contributed by atoms with E-state index in [0.29, 0.717) is 71.2 Å². The number of allylic oxidation sites excluding steroid dienone is 1. The van der Waals surface area contributed by atoms with Gasteiger partial charge in [0.1, 0.15) is 11.2 Å². The molecule has 8 aliphatic rings. The molecule has 350 valence electrons. The van der Waals surface area contributed by atoms with Gasteiger partial charge in [0.2, 0.25) is 0 Å². The smallest absolute Gasteiger partial charge is 0.347 e. The molecule has 7 heterocycles. The summed E-state index contributed by atoms with van der Waals surface area (Å²) in [5, 5.41) is 13.1. The van der Waals surface area contributed by atoms with Crippen molar-refractivity contribution < 1.29 is 47.6 Å². The molecule has 0 radical (unpaired) electrons. The minimum absolute atomic E-state index is 0.115. The van der Waals surface area contributed by atoms with Gasteiger partial charge in [-0.25, -0.2) is 9.18 Å². The summed E-state index contributed by atoms with van der Waals surface area (Å²) in [6.07, 6.45) is 10.1. The summed E-state index contributed by atoms with van der Waals surface area (Å²) in [5.74, 6) is -2.63. The predicted octanol–water partition coefficient (Wildman–Crippen LogP) is 5.81. The Morgan fingerprint density at radius 1 is 0.985 bits per heavy atom. The van der Waals surface area contributed by atoms with Crippen LogP contribution in [-0.2, 0) is 49.9 Å². The van der Waals surface area contributed by atoms with Crippen molar-refractivity contribution in [2.75, 3.05) is 61.1 Å². The van der Waals surface area contributed by atoms with Crippen molar-refractivity contribution in [1.82, 2.24) is 19.7 Å². The SMILES string of the molecule is CC[C@]1(O)C[C@H]2CN(CCc3c([nH]c4ccc(-c5cccc(F)c5)cc34)[C@@](C(=O)OC)(C3C=C4C(=CC3OC)N(C)[C@@]35O[C@]3(C(=O)OC)[C@H](OC(C)=O)[C@]3(CC)C=CCN6CC[C@]45[C@@H]63)C2)C1. The molecule has 11 rings (SSSR count). The van der Waals surface area contributed by atoms with Gasteiger partial charge in [-0.3, -0.25) is 19.4 Å². The van der Waals surface area contributed by atoms with E-state index in [-0.39, 0.29) is 17.8 Å². The van der Waals surface area contributed by atoms with E-state index in [9.17, 15) is 19.1 Å². The van der Waals surface area contributed by atoms with E-state index in [1.807, 2.05) is 32.2 Å². The summed E-state index contributed by atoms with van der Waals surface area (Å²) in [7, 11) is 6.41. The number of nitrogens with one attached hydrogen (secondary N) is 1. The van der Waals surface area contributed by atoms with Crippen molar-refractivity contribution in [2.24, 2.45) is 22.7 Å². The van der Waals surface area contributed by atoms with E-state index in [1.165, 1.54) is 33.3 Å². The van der Waals surface area contributed by atoms with Gasteiger partial charge < -0.3 is 38.7 Å². The lowest BCUT2D eigenvalue weighted by molar-refractivity contribution is -0.182. The second-order valence-corrected chi connectivity index (χ2v) is 20.4. The number of epoxide rings is 1. The van der Waals surface area contributed by atoms with Gasteiger partial charge in [-0.05, 0) is 104 Å². The number of piperidine rings is 1. The summed E-state index contributed by atoms with van der Waals surface area (Å²) in [4.78, 5) is 54.2. The summed E-state index contributed by atoms with van der Waals surface area (Å²) < 4.78 is 46.5. The van der Waals surface area contributed by atoms with Crippen LogP contribution in [0.15, 0.2) is 78.0 Å². The van der Waals surface area contributed by atoms with E-state index in [4.69, 9.17) is 23.7 Å². The molecule has 0 amide bonds. The maximum Gasteiger partial charge on any atom is 0.347 e. The first kappa shape index (κ1) is 43.7. The van der Waals surface area contributed by atoms with Crippen LogP contribution in [-0.4, -0.2) is 139 Å². The molecule has 3 aromatic rings. The van der Waals surface area contributed by atoms with Gasteiger partial charge in [0.15, 0.2) is 11.8 Å². The number of likely N-dealkylation sites (tertiary alicyclic amines) is 1. The Balaban J connectivity index is 1.18. The third-order valence-corrected chi connectivity index (χ3v) is 17.7. The number of likely N-dealkylation sites (N-methyl/N-ethyl adjacent to an activating group) is 1. The average molecular weight is 905 g/mol. The van der Waals surface area contributed by atoms with E-state index in [1.54, 1.807) is 13.2 Å². The molecule has 2 spiro atoms. The van der Waals surface area contributed by atoms with Crippen LogP contribution in [0.2, 0.25) is 0 Å². The highest BCUT2D eigenvalue weighted by Gasteiger charge is 2.99. The fourth-order valence-corrected chi connectivity index (χ4v) is 15.2. The number of hydrogen-bond acceptors (Lipinski definition) is 12. The molecule has 12 atom stereocenters. The van der Waals surface area contributed by atoms with Crippen molar-refractivity contribution >= 4 is 28.8 Å². The van der Waals surface area contributed by atoms with Crippen molar-refractivity contribution in [2.45, 2.75) is 99.9 Å². The maximum absolute atomic E-state index is 15.7. The summed E-state index contributed by atoms with van der Waals surface area (Å²) in [5.41, 5.74) is -1.10. The first-order valence-electron chi connectivity index (χ1n) is 23.7. The van der Waals surface area contributed by atoms with Gasteiger partial charge >= 0.3 is 17.9 Å². The largest absolute Gasteiger partial charge is 0.468 e. The fraction of sp³-hybridized carbons (Fsp3) is 0.558. The summed E-state index contributed by atoms with van der Waals surface area (Å²) >= 11 is 0. The number of methoxy groups -OCH3 is 3. The van der Waals surface area contributed by atoms with Crippen LogP contribution in [0.5, 0.6) is 0 Å². The summed E-state index contributed by atoms with van der Waals surface area (Å²) in [6, 6.07) is 12.4. The minimum Gasteiger partial charge on any atom is -0.468 e. The van der Waals surface area contributed by atoms with Crippen molar-refractivity contribution in [3.8, 4) is 11.1 Å². The topological polar surface area (TPSA) is 146 Å². The third-order valence-electron chi connectivity index (χ3n) is 17.7. The number of ether oxygens (including phenoxy) is 5. The van der Waals surface area contributed by atoms with Gasteiger partial charge in [0, 0.05) is 86.9 Å². The Labute approximate surface area is 384 Å². The van der Waals surface area contributed by atoms with Crippen LogP contribution in [0.25, 0.3) is 22.0 Å². The number of carbonyl (C=O) groups excluding carboxylic acids is 3. The number of aromatic amines is 1. The van der Waals surface area contributed by atoms with Crippen molar-refractivity contribution in [1.29, 1.82) is 0 Å². The molecule has 3 unspecified atom stereocenters. The van der Waals surface area contributed by atoms with E-state index < -0.39 is 69.2 Å². The molecule has 1 saturated carbocycles. The van der Waals surface area contributed by atoms with Crippen LogP contribution < -0.4 is 0 Å². The lowest BCUT2D eigenvalue weighted by atomic mass is 9.48. The lowest BCUT2D eigenvalue weighted by Crippen LogP contribution is -2.73. The third kappa shape index (κ3) is 5.36. The molecule has 2 aromatic carbocycles. The molecule has 5 fully saturated rings.